The number of carbonyl (C=O) groups is 1. The normalized spacial score (nSPS) is 11.4. The van der Waals surface area contributed by atoms with E-state index in [4.69, 9.17) is 4.74 Å². The number of ether oxygens (including phenoxy) is 1. The van der Waals surface area contributed by atoms with Gasteiger partial charge < -0.3 is 15.0 Å². The van der Waals surface area contributed by atoms with E-state index in [1.165, 1.54) is 0 Å². The van der Waals surface area contributed by atoms with Gasteiger partial charge in [0.05, 0.1) is 6.54 Å². The molecule has 0 aliphatic heterocycles. The number of aromatic nitrogens is 1. The summed E-state index contributed by atoms with van der Waals surface area (Å²) in [6.45, 7) is 6.48. The fourth-order valence-corrected chi connectivity index (χ4v) is 1.15. The number of nitrogens with one attached hydrogen (secondary N) is 2. The maximum Gasteiger partial charge on any atom is 0.320 e. The minimum Gasteiger partial charge on any atom is -0.459 e. The lowest BCUT2D eigenvalue weighted by Crippen LogP contribution is -2.31. The molecule has 15 heavy (non-hydrogen) atoms. The topological polar surface area (TPSA) is 54.1 Å². The van der Waals surface area contributed by atoms with Crippen molar-refractivity contribution < 1.29 is 9.53 Å². The van der Waals surface area contributed by atoms with Crippen LogP contribution in [-0.2, 0) is 16.1 Å². The van der Waals surface area contributed by atoms with Crippen molar-refractivity contribution in [3.05, 3.63) is 24.0 Å². The number of rotatable bonds is 4. The van der Waals surface area contributed by atoms with Crippen LogP contribution in [0.2, 0.25) is 0 Å². The monoisotopic (exact) mass is 210 g/mol. The highest BCUT2D eigenvalue weighted by atomic mass is 16.6. The molecule has 1 aromatic heterocycles. The van der Waals surface area contributed by atoms with Crippen molar-refractivity contribution in [1.29, 1.82) is 0 Å². The van der Waals surface area contributed by atoms with Gasteiger partial charge in [0, 0.05) is 18.9 Å². The maximum atomic E-state index is 11.3. The summed E-state index contributed by atoms with van der Waals surface area (Å²) in [6.07, 6.45) is 3.74. The zero-order valence-electron chi connectivity index (χ0n) is 9.46. The van der Waals surface area contributed by atoms with E-state index in [1.807, 2.05) is 39.2 Å². The molecule has 0 amide bonds. The van der Waals surface area contributed by atoms with Gasteiger partial charge >= 0.3 is 5.97 Å². The van der Waals surface area contributed by atoms with Crippen LogP contribution in [-0.4, -0.2) is 23.1 Å². The van der Waals surface area contributed by atoms with Crippen molar-refractivity contribution in [2.75, 3.05) is 6.54 Å². The first-order valence-corrected chi connectivity index (χ1v) is 5.01. The molecule has 4 nitrogen and oxygen atoms in total. The number of hydrogen-bond acceptors (Lipinski definition) is 3. The average molecular weight is 210 g/mol. The van der Waals surface area contributed by atoms with Crippen LogP contribution in [0.5, 0.6) is 0 Å². The Morgan fingerprint density at radius 3 is 2.80 bits per heavy atom. The third kappa shape index (κ3) is 5.22. The molecule has 0 aromatic carbocycles. The maximum absolute atomic E-state index is 11.3. The number of hydrogen-bond donors (Lipinski definition) is 2. The first-order chi connectivity index (χ1) is 6.97. The predicted molar refractivity (Wildman–Crippen MR) is 58.3 cm³/mol. The summed E-state index contributed by atoms with van der Waals surface area (Å²) in [7, 11) is 0. The van der Waals surface area contributed by atoms with Gasteiger partial charge in [-0.05, 0) is 32.4 Å². The summed E-state index contributed by atoms with van der Waals surface area (Å²) in [5.41, 5.74) is 0.714. The molecule has 0 aliphatic carbocycles. The molecular weight excluding hydrogens is 192 g/mol. The van der Waals surface area contributed by atoms with E-state index in [9.17, 15) is 4.79 Å². The fraction of sp³-hybridized carbons (Fsp3) is 0.545. The summed E-state index contributed by atoms with van der Waals surface area (Å²) >= 11 is 0. The average Bonchev–Trinajstić information content (AvgIpc) is 2.53. The van der Waals surface area contributed by atoms with Crippen molar-refractivity contribution in [1.82, 2.24) is 10.3 Å². The van der Waals surface area contributed by atoms with Crippen LogP contribution >= 0.6 is 0 Å². The van der Waals surface area contributed by atoms with E-state index < -0.39 is 5.60 Å². The first kappa shape index (κ1) is 11.8. The zero-order chi connectivity index (χ0) is 11.3. The zero-order valence-corrected chi connectivity index (χ0v) is 9.46. The second-order valence-corrected chi connectivity index (χ2v) is 4.41. The highest BCUT2D eigenvalue weighted by Crippen LogP contribution is 2.06. The molecule has 0 radical (unpaired) electrons. The molecule has 0 unspecified atom stereocenters. The van der Waals surface area contributed by atoms with Gasteiger partial charge in [0.2, 0.25) is 0 Å². The molecule has 1 rings (SSSR count). The molecule has 0 fully saturated rings. The lowest BCUT2D eigenvalue weighted by Gasteiger charge is -2.19. The van der Waals surface area contributed by atoms with Crippen LogP contribution in [0.15, 0.2) is 18.5 Å². The van der Waals surface area contributed by atoms with Crippen molar-refractivity contribution in [2.24, 2.45) is 0 Å². The highest BCUT2D eigenvalue weighted by molar-refractivity contribution is 5.72. The summed E-state index contributed by atoms with van der Waals surface area (Å²) in [5.74, 6) is -0.224. The van der Waals surface area contributed by atoms with Crippen molar-refractivity contribution in [2.45, 2.75) is 32.9 Å². The molecule has 4 heteroatoms. The van der Waals surface area contributed by atoms with E-state index in [0.29, 0.717) is 6.54 Å². The van der Waals surface area contributed by atoms with Crippen molar-refractivity contribution in [3.63, 3.8) is 0 Å². The Labute approximate surface area is 90.0 Å². The summed E-state index contributed by atoms with van der Waals surface area (Å²) in [4.78, 5) is 14.2. The van der Waals surface area contributed by atoms with Gasteiger partial charge in [-0.25, -0.2) is 0 Å². The first-order valence-electron chi connectivity index (χ1n) is 5.01. The molecule has 0 bridgehead atoms. The van der Waals surface area contributed by atoms with Gasteiger partial charge in [-0.15, -0.1) is 0 Å². The third-order valence-electron chi connectivity index (χ3n) is 1.68. The van der Waals surface area contributed by atoms with E-state index >= 15 is 0 Å². The molecule has 0 atom stereocenters. The number of esters is 1. The van der Waals surface area contributed by atoms with Gasteiger partial charge in [0.1, 0.15) is 5.60 Å². The Kier molecular flexibility index (Phi) is 3.91. The molecule has 2 N–H and O–H groups in total. The van der Waals surface area contributed by atoms with E-state index in [1.54, 1.807) is 0 Å². The second-order valence-electron chi connectivity index (χ2n) is 4.41. The lowest BCUT2D eigenvalue weighted by atomic mass is 10.2. The van der Waals surface area contributed by atoms with Gasteiger partial charge in [-0.1, -0.05) is 0 Å². The molecule has 0 saturated carbocycles. The SMILES string of the molecule is CC(C)(C)OC(=O)CNCc1cc[nH]c1. The molecule has 0 spiro atoms. The highest BCUT2D eigenvalue weighted by Gasteiger charge is 2.15. The second kappa shape index (κ2) is 4.98. The minimum absolute atomic E-state index is 0.224. The van der Waals surface area contributed by atoms with E-state index in [-0.39, 0.29) is 12.5 Å². The molecular formula is C11H18N2O2. The van der Waals surface area contributed by atoms with Crippen LogP contribution in [0.1, 0.15) is 26.3 Å². The minimum atomic E-state index is -0.410. The summed E-state index contributed by atoms with van der Waals surface area (Å²) in [6, 6.07) is 1.96. The number of carbonyl (C=O) groups excluding carboxylic acids is 1. The molecule has 84 valence electrons. The van der Waals surface area contributed by atoms with Crippen LogP contribution < -0.4 is 5.32 Å². The quantitative estimate of drug-likeness (QED) is 0.739. The number of H-pyrrole nitrogens is 1. The van der Waals surface area contributed by atoms with Gasteiger partial charge in [-0.3, -0.25) is 4.79 Å². The Hall–Kier alpha value is -1.29. The Morgan fingerprint density at radius 1 is 1.53 bits per heavy atom. The third-order valence-corrected chi connectivity index (χ3v) is 1.68. The molecule has 1 heterocycles. The molecule has 0 aliphatic rings. The largest absolute Gasteiger partial charge is 0.459 e. The Morgan fingerprint density at radius 2 is 2.27 bits per heavy atom. The Bertz CT molecular complexity index is 299. The van der Waals surface area contributed by atoms with Crippen LogP contribution in [0.4, 0.5) is 0 Å². The summed E-state index contributed by atoms with van der Waals surface area (Å²) in [5, 5.41) is 3.02. The van der Waals surface area contributed by atoms with Crippen LogP contribution in [0, 0.1) is 0 Å². The van der Waals surface area contributed by atoms with Crippen LogP contribution in [0.3, 0.4) is 0 Å². The fourth-order valence-electron chi connectivity index (χ4n) is 1.15. The molecule has 0 saturated heterocycles. The van der Waals surface area contributed by atoms with E-state index in [0.717, 1.165) is 5.56 Å². The predicted octanol–water partition coefficient (Wildman–Crippen LogP) is 1.45. The molecule has 1 aromatic rings. The Balaban J connectivity index is 2.18. The van der Waals surface area contributed by atoms with Gasteiger partial charge in [-0.2, -0.15) is 0 Å². The lowest BCUT2D eigenvalue weighted by molar-refractivity contribution is -0.153. The standard InChI is InChI=1S/C11H18N2O2/c1-11(2,3)15-10(14)8-13-7-9-4-5-12-6-9/h4-6,12-13H,7-8H2,1-3H3. The van der Waals surface area contributed by atoms with E-state index in [2.05, 4.69) is 10.3 Å². The van der Waals surface area contributed by atoms with Crippen LogP contribution in [0.25, 0.3) is 0 Å². The van der Waals surface area contributed by atoms with Crippen molar-refractivity contribution in [3.8, 4) is 0 Å². The smallest absolute Gasteiger partial charge is 0.320 e. The van der Waals surface area contributed by atoms with Gasteiger partial charge in [0.25, 0.3) is 0 Å². The van der Waals surface area contributed by atoms with Crippen molar-refractivity contribution >= 4 is 5.97 Å². The number of aromatic amines is 1. The van der Waals surface area contributed by atoms with Gasteiger partial charge in [0.15, 0.2) is 0 Å². The summed E-state index contributed by atoms with van der Waals surface area (Å²) < 4.78 is 5.15.